The Balaban J connectivity index is 3.59. The average molecular weight is 131 g/mol. The second-order valence-electron chi connectivity index (χ2n) is 3.33. The highest BCUT2D eigenvalue weighted by Crippen LogP contribution is 2.16. The van der Waals surface area contributed by atoms with Crippen LogP contribution in [0.1, 0.15) is 27.7 Å². The molecule has 2 N–H and O–H groups in total. The van der Waals surface area contributed by atoms with Gasteiger partial charge in [-0.25, -0.2) is 0 Å². The molecule has 0 spiro atoms. The quantitative estimate of drug-likeness (QED) is 0.547. The van der Waals surface area contributed by atoms with Gasteiger partial charge in [0.25, 0.3) is 0 Å². The summed E-state index contributed by atoms with van der Waals surface area (Å²) < 4.78 is 0. The van der Waals surface area contributed by atoms with Crippen LogP contribution in [-0.4, -0.2) is 17.9 Å². The van der Waals surface area contributed by atoms with Gasteiger partial charge >= 0.3 is 0 Å². The van der Waals surface area contributed by atoms with E-state index in [1.54, 1.807) is 0 Å². The van der Waals surface area contributed by atoms with Gasteiger partial charge in [0, 0.05) is 5.41 Å². The Kier molecular flexibility index (Phi) is 3.15. The molecule has 0 fully saturated rings. The molecular weight excluding hydrogens is 114 g/mol. The highest BCUT2D eigenvalue weighted by molar-refractivity contribution is 4.69. The van der Waals surface area contributed by atoms with E-state index in [0.29, 0.717) is 0 Å². The molecule has 0 aromatic rings. The summed E-state index contributed by atoms with van der Waals surface area (Å²) in [6.45, 7) is 8.80. The topological polar surface area (TPSA) is 32.3 Å². The lowest BCUT2D eigenvalue weighted by atomic mass is 9.94. The van der Waals surface area contributed by atoms with Crippen LogP contribution in [0.2, 0.25) is 0 Å². The smallest absolute Gasteiger partial charge is 0.109 e. The van der Waals surface area contributed by atoms with Gasteiger partial charge in [0.05, 0.1) is 0 Å². The minimum Gasteiger partial charge on any atom is -0.378 e. The fourth-order valence-electron chi connectivity index (χ4n) is 0.500. The summed E-state index contributed by atoms with van der Waals surface area (Å²) in [5, 5.41) is 12.2. The van der Waals surface area contributed by atoms with Gasteiger partial charge in [-0.15, -0.1) is 0 Å². The summed E-state index contributed by atoms with van der Waals surface area (Å²) in [6.07, 6.45) is -0.387. The van der Waals surface area contributed by atoms with Crippen molar-refractivity contribution in [3.63, 3.8) is 0 Å². The molecule has 0 aromatic carbocycles. The first kappa shape index (κ1) is 8.92. The van der Waals surface area contributed by atoms with Gasteiger partial charge in [-0.05, 0) is 6.54 Å². The van der Waals surface area contributed by atoms with Crippen LogP contribution in [-0.2, 0) is 0 Å². The zero-order valence-electron chi connectivity index (χ0n) is 6.73. The van der Waals surface area contributed by atoms with Crippen LogP contribution in [0, 0.1) is 5.41 Å². The average Bonchev–Trinajstić information content (AvgIpc) is 1.64. The highest BCUT2D eigenvalue weighted by Gasteiger charge is 2.19. The summed E-state index contributed by atoms with van der Waals surface area (Å²) >= 11 is 0. The Labute approximate surface area is 57.3 Å². The molecule has 56 valence electrons. The second kappa shape index (κ2) is 3.18. The highest BCUT2D eigenvalue weighted by atomic mass is 16.3. The molecule has 0 aromatic heterocycles. The van der Waals surface area contributed by atoms with E-state index in [2.05, 4.69) is 5.32 Å². The van der Waals surface area contributed by atoms with Crippen molar-refractivity contribution in [3.05, 3.63) is 0 Å². The molecular formula is C7H17NO. The van der Waals surface area contributed by atoms with Crippen molar-refractivity contribution in [2.45, 2.75) is 33.9 Å². The van der Waals surface area contributed by atoms with Gasteiger partial charge in [0.1, 0.15) is 6.23 Å². The van der Waals surface area contributed by atoms with E-state index in [1.165, 1.54) is 0 Å². The van der Waals surface area contributed by atoms with Crippen LogP contribution in [0.15, 0.2) is 0 Å². The van der Waals surface area contributed by atoms with Gasteiger partial charge < -0.3 is 5.11 Å². The molecule has 0 saturated heterocycles. The maximum Gasteiger partial charge on any atom is 0.109 e. The van der Waals surface area contributed by atoms with Gasteiger partial charge in [-0.2, -0.15) is 0 Å². The molecule has 1 unspecified atom stereocenters. The zero-order valence-corrected chi connectivity index (χ0v) is 6.73. The lowest BCUT2D eigenvalue weighted by Crippen LogP contribution is -2.39. The van der Waals surface area contributed by atoms with E-state index in [1.807, 2.05) is 27.7 Å². The number of hydrogen-bond donors (Lipinski definition) is 2. The molecule has 2 heteroatoms. The van der Waals surface area contributed by atoms with Crippen LogP contribution in [0.5, 0.6) is 0 Å². The molecule has 0 heterocycles. The van der Waals surface area contributed by atoms with Crippen molar-refractivity contribution < 1.29 is 5.11 Å². The predicted molar refractivity (Wildman–Crippen MR) is 39.1 cm³/mol. The van der Waals surface area contributed by atoms with Crippen molar-refractivity contribution in [3.8, 4) is 0 Å². The minimum atomic E-state index is -0.387. The van der Waals surface area contributed by atoms with Crippen molar-refractivity contribution in [2.24, 2.45) is 5.41 Å². The Bertz CT molecular complexity index is 75.5. The van der Waals surface area contributed by atoms with Crippen molar-refractivity contribution >= 4 is 0 Å². The molecule has 2 nitrogen and oxygen atoms in total. The van der Waals surface area contributed by atoms with Gasteiger partial charge in [0.15, 0.2) is 0 Å². The third-order valence-electron chi connectivity index (χ3n) is 1.22. The molecule has 0 amide bonds. The van der Waals surface area contributed by atoms with Crippen molar-refractivity contribution in [1.82, 2.24) is 5.32 Å². The first-order chi connectivity index (χ1) is 3.98. The maximum atomic E-state index is 9.27. The minimum absolute atomic E-state index is 0.0456. The Morgan fingerprint density at radius 2 is 1.89 bits per heavy atom. The van der Waals surface area contributed by atoms with Gasteiger partial charge in [0.2, 0.25) is 0 Å². The third kappa shape index (κ3) is 3.49. The fraction of sp³-hybridized carbons (Fsp3) is 1.00. The first-order valence-electron chi connectivity index (χ1n) is 3.40. The van der Waals surface area contributed by atoms with Crippen LogP contribution in [0.3, 0.4) is 0 Å². The Hall–Kier alpha value is -0.0800. The van der Waals surface area contributed by atoms with Crippen LogP contribution >= 0.6 is 0 Å². The lowest BCUT2D eigenvalue weighted by Gasteiger charge is -2.25. The van der Waals surface area contributed by atoms with Crippen molar-refractivity contribution in [2.75, 3.05) is 6.54 Å². The summed E-state index contributed by atoms with van der Waals surface area (Å²) in [5.41, 5.74) is -0.0456. The molecule has 0 aliphatic rings. The fourth-order valence-corrected chi connectivity index (χ4v) is 0.500. The second-order valence-corrected chi connectivity index (χ2v) is 3.33. The molecule has 0 radical (unpaired) electrons. The van der Waals surface area contributed by atoms with E-state index in [-0.39, 0.29) is 11.6 Å². The predicted octanol–water partition coefficient (Wildman–Crippen LogP) is 0.960. The molecule has 0 saturated carbocycles. The monoisotopic (exact) mass is 131 g/mol. The van der Waals surface area contributed by atoms with Crippen molar-refractivity contribution in [1.29, 1.82) is 0 Å². The van der Waals surface area contributed by atoms with Crippen LogP contribution < -0.4 is 5.32 Å². The lowest BCUT2D eigenvalue weighted by molar-refractivity contribution is 0.0350. The molecule has 9 heavy (non-hydrogen) atoms. The molecule has 0 aliphatic heterocycles. The standard InChI is InChI=1S/C7H17NO/c1-5-8-6(9)7(2,3)4/h6,8-9H,5H2,1-4H3. The number of hydrogen-bond acceptors (Lipinski definition) is 2. The van der Waals surface area contributed by atoms with Gasteiger partial charge in [-0.3, -0.25) is 5.32 Å². The van der Waals surface area contributed by atoms with E-state index in [0.717, 1.165) is 6.54 Å². The molecule has 0 bridgehead atoms. The molecule has 1 atom stereocenters. The third-order valence-corrected chi connectivity index (χ3v) is 1.22. The Morgan fingerprint density at radius 3 is 2.00 bits per heavy atom. The summed E-state index contributed by atoms with van der Waals surface area (Å²) in [4.78, 5) is 0. The number of nitrogens with one attached hydrogen (secondary N) is 1. The summed E-state index contributed by atoms with van der Waals surface area (Å²) in [7, 11) is 0. The zero-order chi connectivity index (χ0) is 7.49. The van der Waals surface area contributed by atoms with E-state index in [4.69, 9.17) is 0 Å². The first-order valence-corrected chi connectivity index (χ1v) is 3.40. The maximum absolute atomic E-state index is 9.27. The SMILES string of the molecule is CCNC(O)C(C)(C)C. The van der Waals surface area contributed by atoms with Gasteiger partial charge in [-0.1, -0.05) is 27.7 Å². The largest absolute Gasteiger partial charge is 0.378 e. The summed E-state index contributed by atoms with van der Waals surface area (Å²) in [5.74, 6) is 0. The van der Waals surface area contributed by atoms with E-state index in [9.17, 15) is 5.11 Å². The number of rotatable bonds is 2. The van der Waals surface area contributed by atoms with E-state index < -0.39 is 0 Å². The van der Waals surface area contributed by atoms with Crippen LogP contribution in [0.25, 0.3) is 0 Å². The summed E-state index contributed by atoms with van der Waals surface area (Å²) in [6, 6.07) is 0. The number of aliphatic hydroxyl groups excluding tert-OH is 1. The number of aliphatic hydroxyl groups is 1. The Morgan fingerprint density at radius 1 is 1.44 bits per heavy atom. The molecule has 0 aliphatic carbocycles. The van der Waals surface area contributed by atoms with Crippen LogP contribution in [0.4, 0.5) is 0 Å². The molecule has 0 rings (SSSR count). The normalized spacial score (nSPS) is 15.7. The van der Waals surface area contributed by atoms with E-state index >= 15 is 0 Å².